The molecule has 8 nitrogen and oxygen atoms in total. The first-order valence-corrected chi connectivity index (χ1v) is 12.8. The van der Waals surface area contributed by atoms with Gasteiger partial charge in [-0.05, 0) is 37.3 Å². The Kier molecular flexibility index (Phi) is 7.44. The zero-order valence-electron chi connectivity index (χ0n) is 21.3. The zero-order chi connectivity index (χ0) is 26.1. The van der Waals surface area contributed by atoms with Crippen LogP contribution in [0.25, 0.3) is 0 Å². The molecule has 36 heavy (non-hydrogen) atoms. The molecule has 2 aromatic rings. The highest BCUT2D eigenvalue weighted by Gasteiger charge is 2.64. The molecule has 1 amide bonds. The van der Waals surface area contributed by atoms with E-state index in [0.717, 1.165) is 32.4 Å². The minimum Gasteiger partial charge on any atom is -0.489 e. The number of anilines is 1. The van der Waals surface area contributed by atoms with E-state index in [1.165, 1.54) is 0 Å². The summed E-state index contributed by atoms with van der Waals surface area (Å²) in [6.07, 6.45) is 5.88. The number of nitriles is 1. The number of ether oxygens (including phenoxy) is 1. The number of hydrogen-bond donors (Lipinski definition) is 2. The lowest BCUT2D eigenvalue weighted by molar-refractivity contribution is -0.164. The molecule has 1 saturated carbocycles. The Morgan fingerprint density at radius 2 is 1.92 bits per heavy atom. The van der Waals surface area contributed by atoms with Crippen molar-refractivity contribution in [3.8, 4) is 11.8 Å². The summed E-state index contributed by atoms with van der Waals surface area (Å²) in [4.78, 5) is 24.2. The zero-order valence-corrected chi connectivity index (χ0v) is 22.0. The van der Waals surface area contributed by atoms with E-state index in [1.54, 1.807) is 30.6 Å². The van der Waals surface area contributed by atoms with Gasteiger partial charge in [-0.3, -0.25) is 4.79 Å². The fourth-order valence-corrected chi connectivity index (χ4v) is 6.17. The van der Waals surface area contributed by atoms with Crippen LogP contribution in [0.2, 0.25) is 5.02 Å². The number of aromatic nitrogens is 2. The highest BCUT2D eigenvalue weighted by atomic mass is 35.5. The summed E-state index contributed by atoms with van der Waals surface area (Å²) in [5.41, 5.74) is 0.113. The van der Waals surface area contributed by atoms with Gasteiger partial charge in [0, 0.05) is 55.0 Å². The fraction of sp³-hybridized carbons (Fsp3) is 0.556. The lowest BCUT2D eigenvalue weighted by atomic mass is 9.49. The van der Waals surface area contributed by atoms with Crippen LogP contribution < -0.4 is 15.0 Å². The SMILES string of the molecule is CC1(C)[C@H](NC(=O)c2cnc(N3CCCC(CO)CC3)nc2)C(C)(C)[C@H]1Oc1ccc(C#N)c(Cl)c1. The summed E-state index contributed by atoms with van der Waals surface area (Å²) < 4.78 is 6.30. The van der Waals surface area contributed by atoms with E-state index in [4.69, 9.17) is 21.6 Å². The van der Waals surface area contributed by atoms with Crippen molar-refractivity contribution in [2.75, 3.05) is 24.6 Å². The monoisotopic (exact) mass is 511 g/mol. The molecule has 1 aromatic heterocycles. The predicted molar refractivity (Wildman–Crippen MR) is 138 cm³/mol. The molecule has 2 fully saturated rings. The highest BCUT2D eigenvalue weighted by molar-refractivity contribution is 6.31. The van der Waals surface area contributed by atoms with Gasteiger partial charge in [-0.1, -0.05) is 39.3 Å². The number of nitrogens with one attached hydrogen (secondary N) is 1. The van der Waals surface area contributed by atoms with Crippen LogP contribution in [0.15, 0.2) is 30.6 Å². The minimum atomic E-state index is -0.352. The van der Waals surface area contributed by atoms with Gasteiger partial charge in [0.1, 0.15) is 17.9 Å². The van der Waals surface area contributed by atoms with Gasteiger partial charge in [0.05, 0.1) is 16.1 Å². The van der Waals surface area contributed by atoms with E-state index < -0.39 is 0 Å². The van der Waals surface area contributed by atoms with E-state index in [2.05, 4.69) is 53.9 Å². The maximum Gasteiger partial charge on any atom is 0.254 e. The van der Waals surface area contributed by atoms with Gasteiger partial charge in [0.25, 0.3) is 5.91 Å². The van der Waals surface area contributed by atoms with Crippen LogP contribution in [0.5, 0.6) is 5.75 Å². The van der Waals surface area contributed by atoms with E-state index in [9.17, 15) is 9.90 Å². The van der Waals surface area contributed by atoms with Crippen molar-refractivity contribution in [1.82, 2.24) is 15.3 Å². The lowest BCUT2D eigenvalue weighted by Gasteiger charge is -2.63. The average molecular weight is 512 g/mol. The smallest absolute Gasteiger partial charge is 0.254 e. The number of carbonyl (C=O) groups is 1. The van der Waals surface area contributed by atoms with Crippen LogP contribution in [0.3, 0.4) is 0 Å². The standard InChI is InChI=1S/C27H34ClN5O3/c1-26(2)23(27(3,4)24(26)36-20-8-7-18(13-29)21(28)12-20)32-22(35)19-14-30-25(31-15-19)33-10-5-6-17(16-34)9-11-33/h7-8,12,14-15,17,23-24,34H,5-6,9-11,16H2,1-4H3,(H,32,35)/t17?,23-,24-. The molecule has 2 heterocycles. The molecule has 192 valence electrons. The fourth-order valence-electron chi connectivity index (χ4n) is 5.96. The number of halogens is 1. The molecule has 1 atom stereocenters. The van der Waals surface area contributed by atoms with Crippen LogP contribution in [-0.2, 0) is 0 Å². The van der Waals surface area contributed by atoms with Crippen molar-refractivity contribution in [2.24, 2.45) is 16.7 Å². The van der Waals surface area contributed by atoms with Gasteiger partial charge in [0.2, 0.25) is 5.95 Å². The Morgan fingerprint density at radius 3 is 2.53 bits per heavy atom. The van der Waals surface area contributed by atoms with Gasteiger partial charge in [0.15, 0.2) is 0 Å². The van der Waals surface area contributed by atoms with Gasteiger partial charge < -0.3 is 20.1 Å². The first-order chi connectivity index (χ1) is 17.1. The van der Waals surface area contributed by atoms with Crippen molar-refractivity contribution in [1.29, 1.82) is 5.26 Å². The average Bonchev–Trinajstić information content (AvgIpc) is 3.11. The number of hydrogen-bond acceptors (Lipinski definition) is 7. The van der Waals surface area contributed by atoms with Crippen molar-refractivity contribution in [3.05, 3.63) is 46.7 Å². The van der Waals surface area contributed by atoms with Gasteiger partial charge >= 0.3 is 0 Å². The third kappa shape index (κ3) is 5.00. The summed E-state index contributed by atoms with van der Waals surface area (Å²) in [6, 6.07) is 6.96. The number of nitrogens with zero attached hydrogens (tertiary/aromatic N) is 4. The Hall–Kier alpha value is -2.89. The van der Waals surface area contributed by atoms with Crippen LogP contribution in [0.1, 0.15) is 62.9 Å². The largest absolute Gasteiger partial charge is 0.489 e. The summed E-state index contributed by atoms with van der Waals surface area (Å²) in [5.74, 6) is 1.32. The Bertz CT molecular complexity index is 1130. The van der Waals surface area contributed by atoms with Crippen molar-refractivity contribution < 1.29 is 14.6 Å². The number of carbonyl (C=O) groups excluding carboxylic acids is 1. The molecular weight excluding hydrogens is 478 g/mol. The Morgan fingerprint density at radius 1 is 1.22 bits per heavy atom. The van der Waals surface area contributed by atoms with E-state index >= 15 is 0 Å². The van der Waals surface area contributed by atoms with Crippen molar-refractivity contribution in [2.45, 2.75) is 59.1 Å². The number of amides is 1. The topological polar surface area (TPSA) is 111 Å². The molecule has 1 aliphatic heterocycles. The molecule has 0 bridgehead atoms. The van der Waals surface area contributed by atoms with Crippen LogP contribution >= 0.6 is 11.6 Å². The van der Waals surface area contributed by atoms with E-state index in [0.29, 0.717) is 33.8 Å². The minimum absolute atomic E-state index is 0.142. The van der Waals surface area contributed by atoms with E-state index in [1.807, 2.05) is 0 Å². The first kappa shape index (κ1) is 26.2. The molecule has 1 unspecified atom stereocenters. The number of rotatable bonds is 6. The number of aliphatic hydroxyl groups excluding tert-OH is 1. The molecule has 9 heteroatoms. The highest BCUT2D eigenvalue weighted by Crippen LogP contribution is 2.55. The maximum atomic E-state index is 13.1. The second-order valence-electron chi connectivity index (χ2n) is 11.0. The molecule has 1 aromatic carbocycles. The third-order valence-corrected chi connectivity index (χ3v) is 8.03. The van der Waals surface area contributed by atoms with Crippen LogP contribution in [0.4, 0.5) is 5.95 Å². The van der Waals surface area contributed by atoms with Gasteiger partial charge in [-0.2, -0.15) is 5.26 Å². The normalized spacial score (nSPS) is 24.7. The number of benzene rings is 1. The molecule has 0 spiro atoms. The van der Waals surface area contributed by atoms with Crippen molar-refractivity contribution >= 4 is 23.5 Å². The Balaban J connectivity index is 1.41. The second kappa shape index (κ2) is 10.2. The molecule has 4 rings (SSSR count). The quantitative estimate of drug-likeness (QED) is 0.597. The van der Waals surface area contributed by atoms with E-state index in [-0.39, 0.29) is 35.5 Å². The first-order valence-electron chi connectivity index (χ1n) is 12.4. The molecular formula is C27H34ClN5O3. The molecule has 1 saturated heterocycles. The summed E-state index contributed by atoms with van der Waals surface area (Å²) in [6.45, 7) is 10.1. The molecule has 2 N–H and O–H groups in total. The number of aliphatic hydroxyl groups is 1. The summed E-state index contributed by atoms with van der Waals surface area (Å²) >= 11 is 6.18. The van der Waals surface area contributed by atoms with Gasteiger partial charge in [-0.15, -0.1) is 0 Å². The summed E-state index contributed by atoms with van der Waals surface area (Å²) in [5, 5.41) is 22.1. The van der Waals surface area contributed by atoms with Crippen LogP contribution in [0, 0.1) is 28.1 Å². The van der Waals surface area contributed by atoms with Gasteiger partial charge in [-0.25, -0.2) is 9.97 Å². The third-order valence-electron chi connectivity index (χ3n) is 7.72. The second-order valence-corrected chi connectivity index (χ2v) is 11.4. The van der Waals surface area contributed by atoms with Crippen LogP contribution in [-0.4, -0.2) is 52.8 Å². The summed E-state index contributed by atoms with van der Waals surface area (Å²) in [7, 11) is 0. The van der Waals surface area contributed by atoms with Crippen molar-refractivity contribution in [3.63, 3.8) is 0 Å². The molecule has 2 aliphatic rings. The lowest BCUT2D eigenvalue weighted by Crippen LogP contribution is -2.74. The maximum absolute atomic E-state index is 13.1. The predicted octanol–water partition coefficient (Wildman–Crippen LogP) is 4.21. The molecule has 1 aliphatic carbocycles. The molecule has 0 radical (unpaired) electrons. The Labute approximate surface area is 217 Å².